The van der Waals surface area contributed by atoms with Gasteiger partial charge in [-0.3, -0.25) is 9.59 Å². The van der Waals surface area contributed by atoms with Crippen LogP contribution in [0.3, 0.4) is 0 Å². The summed E-state index contributed by atoms with van der Waals surface area (Å²) in [4.78, 5) is 28.3. The zero-order chi connectivity index (χ0) is 23.8. The molecule has 1 aliphatic heterocycles. The van der Waals surface area contributed by atoms with Crippen LogP contribution < -0.4 is 15.5 Å². The van der Waals surface area contributed by atoms with E-state index in [-0.39, 0.29) is 17.6 Å². The first-order valence-electron chi connectivity index (χ1n) is 10.9. The van der Waals surface area contributed by atoms with Gasteiger partial charge in [0.05, 0.1) is 36.2 Å². The van der Waals surface area contributed by atoms with Gasteiger partial charge in [0.2, 0.25) is 5.91 Å². The molecule has 1 heterocycles. The number of morpholine rings is 1. The molecule has 172 valence electrons. The number of hydrogen-bond acceptors (Lipinski definition) is 6. The van der Waals surface area contributed by atoms with Gasteiger partial charge in [-0.25, -0.2) is 0 Å². The largest absolute Gasteiger partial charge is 0.378 e. The van der Waals surface area contributed by atoms with Gasteiger partial charge < -0.3 is 20.3 Å². The molecule has 0 aromatic heterocycles. The first kappa shape index (κ1) is 23.4. The Hall–Kier alpha value is -3.80. The Morgan fingerprint density at radius 2 is 1.71 bits per heavy atom. The van der Waals surface area contributed by atoms with Gasteiger partial charge in [0, 0.05) is 35.0 Å². The van der Waals surface area contributed by atoms with Gasteiger partial charge in [-0.05, 0) is 54.6 Å². The van der Waals surface area contributed by atoms with Gasteiger partial charge in [-0.1, -0.05) is 18.2 Å². The molecule has 3 aromatic carbocycles. The summed E-state index contributed by atoms with van der Waals surface area (Å²) in [5, 5.41) is 14.7. The molecular weight excluding hydrogens is 448 g/mol. The molecule has 1 aliphatic rings. The summed E-state index contributed by atoms with van der Waals surface area (Å²) in [6.45, 7) is 3.15. The summed E-state index contributed by atoms with van der Waals surface area (Å²) in [7, 11) is 0. The summed E-state index contributed by atoms with van der Waals surface area (Å²) >= 11 is 1.29. The molecule has 2 N–H and O–H groups in total. The Bertz CT molecular complexity index is 1200. The van der Waals surface area contributed by atoms with E-state index in [4.69, 9.17) is 10.00 Å². The van der Waals surface area contributed by atoms with E-state index in [0.29, 0.717) is 27.4 Å². The lowest BCUT2D eigenvalue weighted by Crippen LogP contribution is -2.36. The van der Waals surface area contributed by atoms with Crippen molar-refractivity contribution in [3.63, 3.8) is 0 Å². The van der Waals surface area contributed by atoms with Crippen molar-refractivity contribution in [3.05, 3.63) is 83.9 Å². The molecule has 0 aliphatic carbocycles. The van der Waals surface area contributed by atoms with E-state index in [1.165, 1.54) is 11.8 Å². The average molecular weight is 473 g/mol. The molecule has 0 saturated carbocycles. The number of thioether (sulfide) groups is 1. The Kier molecular flexibility index (Phi) is 7.81. The number of carbonyl (C=O) groups is 2. The van der Waals surface area contributed by atoms with E-state index in [1.807, 2.05) is 42.5 Å². The highest BCUT2D eigenvalue weighted by Gasteiger charge is 2.15. The Morgan fingerprint density at radius 1 is 0.941 bits per heavy atom. The van der Waals surface area contributed by atoms with Crippen LogP contribution in [-0.4, -0.2) is 43.9 Å². The maximum atomic E-state index is 12.9. The predicted octanol–water partition coefficient (Wildman–Crippen LogP) is 4.38. The number of nitrogens with one attached hydrogen (secondary N) is 2. The van der Waals surface area contributed by atoms with Crippen molar-refractivity contribution in [2.75, 3.05) is 47.6 Å². The fraction of sp³-hybridized carbons (Fsp3) is 0.192. The second-order valence-electron chi connectivity index (χ2n) is 7.63. The molecular formula is C26H24N4O3S. The molecule has 3 aromatic rings. The maximum Gasteiger partial charge on any atom is 0.256 e. The van der Waals surface area contributed by atoms with Gasteiger partial charge in [0.25, 0.3) is 5.91 Å². The molecule has 8 heteroatoms. The van der Waals surface area contributed by atoms with Crippen LogP contribution in [0.1, 0.15) is 15.9 Å². The highest BCUT2D eigenvalue weighted by atomic mass is 32.2. The van der Waals surface area contributed by atoms with Crippen molar-refractivity contribution in [1.82, 2.24) is 0 Å². The van der Waals surface area contributed by atoms with Gasteiger partial charge in [-0.15, -0.1) is 11.8 Å². The average Bonchev–Trinajstić information content (AvgIpc) is 2.88. The first-order valence-corrected chi connectivity index (χ1v) is 11.9. The highest BCUT2D eigenvalue weighted by Crippen LogP contribution is 2.25. The minimum atomic E-state index is -0.232. The molecule has 1 fully saturated rings. The van der Waals surface area contributed by atoms with Crippen molar-refractivity contribution < 1.29 is 14.3 Å². The smallest absolute Gasteiger partial charge is 0.256 e. The molecule has 0 bridgehead atoms. The van der Waals surface area contributed by atoms with Crippen LogP contribution >= 0.6 is 11.8 Å². The Balaban J connectivity index is 1.36. The number of nitrogens with zero attached hydrogens (tertiary/aromatic N) is 2. The van der Waals surface area contributed by atoms with E-state index in [1.54, 1.807) is 36.4 Å². The van der Waals surface area contributed by atoms with Crippen molar-refractivity contribution in [2.24, 2.45) is 0 Å². The Morgan fingerprint density at radius 3 is 2.47 bits per heavy atom. The highest BCUT2D eigenvalue weighted by molar-refractivity contribution is 8.00. The van der Waals surface area contributed by atoms with Crippen molar-refractivity contribution >= 4 is 40.6 Å². The van der Waals surface area contributed by atoms with Crippen molar-refractivity contribution in [1.29, 1.82) is 5.26 Å². The van der Waals surface area contributed by atoms with E-state index < -0.39 is 0 Å². The van der Waals surface area contributed by atoms with Gasteiger partial charge in [-0.2, -0.15) is 5.26 Å². The van der Waals surface area contributed by atoms with Crippen LogP contribution in [0, 0.1) is 11.3 Å². The summed E-state index contributed by atoms with van der Waals surface area (Å²) in [6, 6.07) is 23.8. The van der Waals surface area contributed by atoms with E-state index in [0.717, 1.165) is 32.0 Å². The van der Waals surface area contributed by atoms with Gasteiger partial charge in [0.15, 0.2) is 0 Å². The monoisotopic (exact) mass is 472 g/mol. The molecule has 0 radical (unpaired) electrons. The number of nitriles is 1. The topological polar surface area (TPSA) is 94.5 Å². The normalized spacial score (nSPS) is 13.1. The molecule has 1 saturated heterocycles. The fourth-order valence-corrected chi connectivity index (χ4v) is 4.41. The molecule has 7 nitrogen and oxygen atoms in total. The molecule has 34 heavy (non-hydrogen) atoms. The number of amides is 2. The SMILES string of the molecule is N#Cc1cccc(NC(=O)CSc2ccccc2C(=O)Nc2ccc(N3CCOCC3)cc2)c1. The zero-order valence-corrected chi connectivity index (χ0v) is 19.3. The second-order valence-corrected chi connectivity index (χ2v) is 8.64. The van der Waals surface area contributed by atoms with Crippen LogP contribution in [0.4, 0.5) is 17.1 Å². The zero-order valence-electron chi connectivity index (χ0n) is 18.5. The van der Waals surface area contributed by atoms with Crippen molar-refractivity contribution in [2.45, 2.75) is 4.90 Å². The molecule has 0 unspecified atom stereocenters. The first-order chi connectivity index (χ1) is 16.6. The van der Waals surface area contributed by atoms with Gasteiger partial charge in [0.1, 0.15) is 0 Å². The number of hydrogen-bond donors (Lipinski definition) is 2. The number of rotatable bonds is 7. The van der Waals surface area contributed by atoms with E-state index >= 15 is 0 Å². The number of ether oxygens (including phenoxy) is 1. The molecule has 0 spiro atoms. The maximum absolute atomic E-state index is 12.9. The summed E-state index contributed by atoms with van der Waals surface area (Å²) in [5.74, 6) is -0.312. The van der Waals surface area contributed by atoms with Crippen LogP contribution in [0.2, 0.25) is 0 Å². The van der Waals surface area contributed by atoms with Crippen molar-refractivity contribution in [3.8, 4) is 6.07 Å². The van der Waals surface area contributed by atoms with Gasteiger partial charge >= 0.3 is 0 Å². The predicted molar refractivity (Wildman–Crippen MR) is 134 cm³/mol. The van der Waals surface area contributed by atoms with Crippen LogP contribution in [0.5, 0.6) is 0 Å². The van der Waals surface area contributed by atoms with E-state index in [9.17, 15) is 9.59 Å². The summed E-state index contributed by atoms with van der Waals surface area (Å²) in [6.07, 6.45) is 0. The van der Waals surface area contributed by atoms with E-state index in [2.05, 4.69) is 15.5 Å². The lowest BCUT2D eigenvalue weighted by Gasteiger charge is -2.28. The second kappa shape index (κ2) is 11.4. The van der Waals surface area contributed by atoms with Crippen LogP contribution in [0.15, 0.2) is 77.7 Å². The summed E-state index contributed by atoms with van der Waals surface area (Å²) in [5.41, 5.74) is 3.35. The lowest BCUT2D eigenvalue weighted by molar-refractivity contribution is -0.113. The van der Waals surface area contributed by atoms with Crippen LogP contribution in [0.25, 0.3) is 0 Å². The molecule has 0 atom stereocenters. The third kappa shape index (κ3) is 6.16. The third-order valence-corrected chi connectivity index (χ3v) is 6.34. The minimum absolute atomic E-state index is 0.134. The van der Waals surface area contributed by atoms with Crippen LogP contribution in [-0.2, 0) is 9.53 Å². The number of carbonyl (C=O) groups excluding carboxylic acids is 2. The third-order valence-electron chi connectivity index (χ3n) is 5.27. The lowest BCUT2D eigenvalue weighted by atomic mass is 10.2. The quantitative estimate of drug-likeness (QED) is 0.496. The summed E-state index contributed by atoms with van der Waals surface area (Å²) < 4.78 is 5.39. The number of anilines is 3. The minimum Gasteiger partial charge on any atom is -0.378 e. The number of benzene rings is 3. The fourth-order valence-electron chi connectivity index (χ4n) is 3.56. The molecule has 4 rings (SSSR count). The standard InChI is InChI=1S/C26H24N4O3S/c27-17-19-4-3-5-21(16-19)28-25(31)18-34-24-7-2-1-6-23(24)26(32)29-20-8-10-22(11-9-20)30-12-14-33-15-13-30/h1-11,16H,12-15,18H2,(H,28,31)(H,29,32). The Labute approximate surface area is 202 Å². The molecule has 2 amide bonds.